The van der Waals surface area contributed by atoms with Crippen LogP contribution in [0.15, 0.2) is 54.7 Å². The van der Waals surface area contributed by atoms with Crippen LogP contribution in [0.25, 0.3) is 10.8 Å². The number of aromatic nitrogens is 1. The van der Waals surface area contributed by atoms with E-state index in [0.29, 0.717) is 23.9 Å². The average molecular weight is 454 g/mol. The van der Waals surface area contributed by atoms with Crippen molar-refractivity contribution in [2.24, 2.45) is 5.73 Å². The van der Waals surface area contributed by atoms with Crippen molar-refractivity contribution >= 4 is 40.1 Å². The Balaban J connectivity index is 1.90. The molecule has 8 heteroatoms. The highest BCUT2D eigenvalue weighted by Crippen LogP contribution is 2.29. The molecule has 3 aromatic rings. The number of nitrogens with zero attached hydrogens (tertiary/aromatic N) is 2. The molecule has 7 nitrogen and oxygen atoms in total. The van der Waals surface area contributed by atoms with Crippen molar-refractivity contribution in [2.75, 3.05) is 11.9 Å². The second-order valence-corrected chi connectivity index (χ2v) is 9.00. The van der Waals surface area contributed by atoms with Crippen LogP contribution in [0, 0.1) is 5.41 Å². The number of halogens is 1. The molecule has 4 N–H and O–H groups in total. The minimum atomic E-state index is -0.547. The van der Waals surface area contributed by atoms with Crippen LogP contribution in [0.4, 0.5) is 5.82 Å². The van der Waals surface area contributed by atoms with E-state index in [1.165, 1.54) is 6.20 Å². The van der Waals surface area contributed by atoms with Crippen molar-refractivity contribution in [3.63, 3.8) is 0 Å². The molecule has 0 aliphatic heterocycles. The van der Waals surface area contributed by atoms with Crippen LogP contribution in [0.1, 0.15) is 31.9 Å². The van der Waals surface area contributed by atoms with Gasteiger partial charge in [0.15, 0.2) is 5.96 Å². The molecule has 1 heterocycles. The molecule has 1 aromatic heterocycles. The maximum Gasteiger partial charge on any atom is 0.320 e. The van der Waals surface area contributed by atoms with Crippen LogP contribution in [0.5, 0.6) is 0 Å². The molecule has 0 radical (unpaired) electrons. The van der Waals surface area contributed by atoms with Gasteiger partial charge in [-0.2, -0.15) is 0 Å². The van der Waals surface area contributed by atoms with Crippen molar-refractivity contribution in [1.29, 1.82) is 5.41 Å². The van der Waals surface area contributed by atoms with E-state index < -0.39 is 5.60 Å². The van der Waals surface area contributed by atoms with E-state index in [1.807, 2.05) is 74.2 Å². The van der Waals surface area contributed by atoms with E-state index in [1.54, 1.807) is 0 Å². The van der Waals surface area contributed by atoms with Crippen LogP contribution in [-0.4, -0.2) is 34.0 Å². The summed E-state index contributed by atoms with van der Waals surface area (Å²) >= 11 is 6.31. The lowest BCUT2D eigenvalue weighted by atomic mass is 10.1. The van der Waals surface area contributed by atoms with E-state index in [-0.39, 0.29) is 18.5 Å². The molecule has 0 unspecified atom stereocenters. The van der Waals surface area contributed by atoms with Crippen LogP contribution < -0.4 is 11.1 Å². The van der Waals surface area contributed by atoms with Crippen LogP contribution in [0.3, 0.4) is 0 Å². The number of ether oxygens (including phenoxy) is 1. The second-order valence-electron chi connectivity index (χ2n) is 8.59. The molecule has 0 saturated heterocycles. The number of anilines is 1. The average Bonchev–Trinajstić information content (AvgIpc) is 2.69. The Morgan fingerprint density at radius 1 is 1.12 bits per heavy atom. The second kappa shape index (κ2) is 9.97. The molecule has 2 aromatic carbocycles. The SMILES string of the molecule is CC(C)(C)OC(=O)CN(Cc1ccccc1)Cc1ccc2c(Cl)cnc(NC(=N)N)c2c1. The zero-order valence-electron chi connectivity index (χ0n) is 18.5. The molecule has 0 amide bonds. The monoisotopic (exact) mass is 453 g/mol. The van der Waals surface area contributed by atoms with Crippen molar-refractivity contribution in [2.45, 2.75) is 39.5 Å². The normalized spacial score (nSPS) is 11.5. The molecule has 0 bridgehead atoms. The predicted octanol–water partition coefficient (Wildman–Crippen LogP) is 4.54. The van der Waals surface area contributed by atoms with Gasteiger partial charge in [0, 0.05) is 30.1 Å². The first-order valence-electron chi connectivity index (χ1n) is 10.3. The highest BCUT2D eigenvalue weighted by molar-refractivity contribution is 6.35. The zero-order chi connectivity index (χ0) is 23.3. The predicted molar refractivity (Wildman–Crippen MR) is 129 cm³/mol. The van der Waals surface area contributed by atoms with Gasteiger partial charge in [0.25, 0.3) is 0 Å². The fourth-order valence-corrected chi connectivity index (χ4v) is 3.62. The number of benzene rings is 2. The molecule has 0 spiro atoms. The molecule has 0 aliphatic rings. The summed E-state index contributed by atoms with van der Waals surface area (Å²) in [6.45, 7) is 6.82. The lowest BCUT2D eigenvalue weighted by Crippen LogP contribution is -2.34. The van der Waals surface area contributed by atoms with E-state index in [2.05, 4.69) is 10.3 Å². The van der Waals surface area contributed by atoms with Gasteiger partial charge >= 0.3 is 5.97 Å². The summed E-state index contributed by atoms with van der Waals surface area (Å²) in [7, 11) is 0. The number of nitrogens with two attached hydrogens (primary N) is 1. The Morgan fingerprint density at radius 3 is 2.47 bits per heavy atom. The summed E-state index contributed by atoms with van der Waals surface area (Å²) in [4.78, 5) is 18.8. The number of guanidine groups is 1. The van der Waals surface area contributed by atoms with Gasteiger partial charge in [-0.05, 0) is 38.0 Å². The Hall–Kier alpha value is -3.16. The third kappa shape index (κ3) is 6.67. The molecule has 0 fully saturated rings. The standard InChI is InChI=1S/C24H28ClN5O2/c1-24(2,3)32-21(31)15-30(13-16-7-5-4-6-8-16)14-17-9-10-18-19(11-17)22(29-23(26)27)28-12-20(18)25/h4-12H,13-15H2,1-3H3,(H4,26,27,28,29). The van der Waals surface area contributed by atoms with E-state index in [4.69, 9.17) is 27.5 Å². The van der Waals surface area contributed by atoms with E-state index in [0.717, 1.165) is 21.9 Å². The topological polar surface area (TPSA) is 104 Å². The van der Waals surface area contributed by atoms with E-state index >= 15 is 0 Å². The molecule has 168 valence electrons. The summed E-state index contributed by atoms with van der Waals surface area (Å²) in [5.74, 6) is -0.0273. The van der Waals surface area contributed by atoms with Crippen molar-refractivity contribution in [3.05, 3.63) is 70.9 Å². The van der Waals surface area contributed by atoms with Crippen molar-refractivity contribution in [1.82, 2.24) is 9.88 Å². The smallest absolute Gasteiger partial charge is 0.320 e. The molecular formula is C24H28ClN5O2. The third-order valence-electron chi connectivity index (χ3n) is 4.58. The minimum Gasteiger partial charge on any atom is -0.459 e. The maximum atomic E-state index is 12.5. The highest BCUT2D eigenvalue weighted by Gasteiger charge is 2.20. The lowest BCUT2D eigenvalue weighted by molar-refractivity contribution is -0.156. The number of carbonyl (C=O) groups excluding carboxylic acids is 1. The van der Waals surface area contributed by atoms with E-state index in [9.17, 15) is 4.79 Å². The van der Waals surface area contributed by atoms with Gasteiger partial charge in [-0.1, -0.05) is 54.1 Å². The summed E-state index contributed by atoms with van der Waals surface area (Å²) in [6.07, 6.45) is 1.53. The molecule has 3 rings (SSSR count). The highest BCUT2D eigenvalue weighted by atomic mass is 35.5. The summed E-state index contributed by atoms with van der Waals surface area (Å²) in [6, 6.07) is 15.8. The maximum absolute atomic E-state index is 12.5. The number of rotatable bonds is 7. The lowest BCUT2D eigenvalue weighted by Gasteiger charge is -2.25. The summed E-state index contributed by atoms with van der Waals surface area (Å²) < 4.78 is 5.54. The van der Waals surface area contributed by atoms with Gasteiger partial charge in [-0.25, -0.2) is 4.98 Å². The number of hydrogen-bond donors (Lipinski definition) is 3. The molecule has 32 heavy (non-hydrogen) atoms. The first-order valence-corrected chi connectivity index (χ1v) is 10.6. The molecule has 0 aliphatic carbocycles. The van der Waals surface area contributed by atoms with Gasteiger partial charge < -0.3 is 15.8 Å². The Morgan fingerprint density at radius 2 is 1.81 bits per heavy atom. The fourth-order valence-electron chi connectivity index (χ4n) is 3.41. The minimum absolute atomic E-state index is 0.149. The van der Waals surface area contributed by atoms with Crippen LogP contribution >= 0.6 is 11.6 Å². The quantitative estimate of drug-likeness (QED) is 0.275. The third-order valence-corrected chi connectivity index (χ3v) is 4.89. The van der Waals surface area contributed by atoms with Crippen LogP contribution in [0.2, 0.25) is 5.02 Å². The molecule has 0 saturated carbocycles. The largest absolute Gasteiger partial charge is 0.459 e. The molecular weight excluding hydrogens is 426 g/mol. The Labute approximate surface area is 193 Å². The first kappa shape index (κ1) is 23.5. The van der Waals surface area contributed by atoms with Gasteiger partial charge in [-0.3, -0.25) is 15.1 Å². The Bertz CT molecular complexity index is 1110. The number of fused-ring (bicyclic) bond motifs is 1. The summed E-state index contributed by atoms with van der Waals surface area (Å²) in [5, 5.41) is 12.4. The van der Waals surface area contributed by atoms with Gasteiger partial charge in [-0.15, -0.1) is 0 Å². The van der Waals surface area contributed by atoms with Crippen LogP contribution in [-0.2, 0) is 22.6 Å². The van der Waals surface area contributed by atoms with Crippen molar-refractivity contribution in [3.8, 4) is 0 Å². The van der Waals surface area contributed by atoms with Gasteiger partial charge in [0.2, 0.25) is 0 Å². The summed E-state index contributed by atoms with van der Waals surface area (Å²) in [5.41, 5.74) is 7.02. The first-order chi connectivity index (χ1) is 15.1. The number of hydrogen-bond acceptors (Lipinski definition) is 5. The van der Waals surface area contributed by atoms with Gasteiger partial charge in [0.05, 0.1) is 11.6 Å². The zero-order valence-corrected chi connectivity index (χ0v) is 19.2. The Kier molecular flexibility index (Phi) is 7.33. The number of nitrogens with one attached hydrogen (secondary N) is 2. The van der Waals surface area contributed by atoms with Gasteiger partial charge in [0.1, 0.15) is 11.4 Å². The molecule has 0 atom stereocenters. The number of carbonyl (C=O) groups is 1. The van der Waals surface area contributed by atoms with Crippen molar-refractivity contribution < 1.29 is 9.53 Å². The number of esters is 1. The fraction of sp³-hybridized carbons (Fsp3) is 0.292. The number of pyridine rings is 1.